The summed E-state index contributed by atoms with van der Waals surface area (Å²) in [5.74, 6) is -2.36. The molecule has 3 N–H and O–H groups in total. The molecule has 1 aromatic rings. The second-order valence-electron chi connectivity index (χ2n) is 3.07. The van der Waals surface area contributed by atoms with Crippen LogP contribution in [0.15, 0.2) is 6.07 Å². The zero-order chi connectivity index (χ0) is 12.3. The quantitative estimate of drug-likeness (QED) is 0.813. The summed E-state index contributed by atoms with van der Waals surface area (Å²) >= 11 is 0. The molecule has 0 aliphatic heterocycles. The smallest absolute Gasteiger partial charge is 0.174 e. The van der Waals surface area contributed by atoms with Crippen molar-refractivity contribution in [1.29, 1.82) is 0 Å². The van der Waals surface area contributed by atoms with E-state index < -0.39 is 23.3 Å². The van der Waals surface area contributed by atoms with E-state index in [0.717, 1.165) is 6.07 Å². The Morgan fingerprint density at radius 3 is 2.00 bits per heavy atom. The lowest BCUT2D eigenvalue weighted by Gasteiger charge is -2.15. The van der Waals surface area contributed by atoms with Gasteiger partial charge in [0, 0.05) is 12.6 Å². The van der Waals surface area contributed by atoms with Gasteiger partial charge in [-0.25, -0.2) is 8.78 Å². The Hall–Kier alpha value is -1.40. The Balaban J connectivity index is 3.43. The fraction of sp³-hybridized carbons (Fsp3) is 0.400. The lowest BCUT2D eigenvalue weighted by molar-refractivity contribution is 0.173. The molecule has 1 unspecified atom stereocenters. The van der Waals surface area contributed by atoms with Gasteiger partial charge in [0.2, 0.25) is 0 Å². The molecule has 0 radical (unpaired) electrons. The monoisotopic (exact) mass is 233 g/mol. The second kappa shape index (κ2) is 5.09. The van der Waals surface area contributed by atoms with Crippen LogP contribution in [0.4, 0.5) is 8.78 Å². The highest BCUT2D eigenvalue weighted by atomic mass is 19.1. The molecule has 1 aromatic carbocycles. The van der Waals surface area contributed by atoms with Gasteiger partial charge in [-0.05, 0) is 0 Å². The first-order chi connectivity index (χ1) is 7.56. The number of ether oxygens (including phenoxy) is 2. The zero-order valence-electron chi connectivity index (χ0n) is 8.96. The van der Waals surface area contributed by atoms with E-state index in [4.69, 9.17) is 15.2 Å². The van der Waals surface area contributed by atoms with Crippen LogP contribution in [0.3, 0.4) is 0 Å². The van der Waals surface area contributed by atoms with E-state index in [1.807, 2.05) is 0 Å². The molecule has 0 saturated heterocycles. The number of aliphatic hydroxyl groups is 1. The first kappa shape index (κ1) is 12.7. The summed E-state index contributed by atoms with van der Waals surface area (Å²) in [5.41, 5.74) is 4.62. The standard InChI is InChI=1S/C10H13F2NO3/c1-15-6-3-7(16-2)10(12)8(9(6)11)5(14)4-13/h3,5,14H,4,13H2,1-2H3. The Morgan fingerprint density at radius 1 is 1.25 bits per heavy atom. The van der Waals surface area contributed by atoms with Crippen molar-refractivity contribution in [3.8, 4) is 11.5 Å². The van der Waals surface area contributed by atoms with Crippen LogP contribution in [0.5, 0.6) is 11.5 Å². The summed E-state index contributed by atoms with van der Waals surface area (Å²) < 4.78 is 36.7. The number of hydrogen-bond acceptors (Lipinski definition) is 4. The number of hydrogen-bond donors (Lipinski definition) is 2. The molecule has 0 bridgehead atoms. The maximum Gasteiger partial charge on any atom is 0.174 e. The van der Waals surface area contributed by atoms with Crippen LogP contribution in [0, 0.1) is 11.6 Å². The molecule has 1 rings (SSSR count). The largest absolute Gasteiger partial charge is 0.494 e. The van der Waals surface area contributed by atoms with Crippen molar-refractivity contribution in [2.45, 2.75) is 6.10 Å². The fourth-order valence-electron chi connectivity index (χ4n) is 1.32. The van der Waals surface area contributed by atoms with Gasteiger partial charge in [-0.1, -0.05) is 0 Å². The molecule has 0 aliphatic rings. The SMILES string of the molecule is COc1cc(OC)c(F)c(C(O)CN)c1F. The summed E-state index contributed by atoms with van der Waals surface area (Å²) in [6.07, 6.45) is -1.44. The third kappa shape index (κ3) is 2.07. The Kier molecular flexibility index (Phi) is 4.03. The number of rotatable bonds is 4. The van der Waals surface area contributed by atoms with Gasteiger partial charge in [0.25, 0.3) is 0 Å². The number of nitrogens with two attached hydrogens (primary N) is 1. The molecule has 1 atom stereocenters. The van der Waals surface area contributed by atoms with E-state index >= 15 is 0 Å². The number of halogens is 2. The zero-order valence-corrected chi connectivity index (χ0v) is 8.96. The van der Waals surface area contributed by atoms with Crippen LogP contribution < -0.4 is 15.2 Å². The van der Waals surface area contributed by atoms with Crippen LogP contribution >= 0.6 is 0 Å². The van der Waals surface area contributed by atoms with Crippen molar-refractivity contribution in [1.82, 2.24) is 0 Å². The molecule has 90 valence electrons. The van der Waals surface area contributed by atoms with E-state index in [1.165, 1.54) is 14.2 Å². The number of methoxy groups -OCH3 is 2. The van der Waals surface area contributed by atoms with Gasteiger partial charge in [-0.2, -0.15) is 0 Å². The van der Waals surface area contributed by atoms with Crippen molar-refractivity contribution >= 4 is 0 Å². The predicted octanol–water partition coefficient (Wildman–Crippen LogP) is 0.974. The average molecular weight is 233 g/mol. The van der Waals surface area contributed by atoms with Crippen LogP contribution in [0.2, 0.25) is 0 Å². The molecule has 6 heteroatoms. The van der Waals surface area contributed by atoms with Crippen molar-refractivity contribution in [2.24, 2.45) is 5.73 Å². The van der Waals surface area contributed by atoms with Gasteiger partial charge >= 0.3 is 0 Å². The van der Waals surface area contributed by atoms with Gasteiger partial charge in [0.15, 0.2) is 23.1 Å². The highest BCUT2D eigenvalue weighted by Crippen LogP contribution is 2.34. The van der Waals surface area contributed by atoms with E-state index in [0.29, 0.717) is 0 Å². The maximum atomic E-state index is 13.7. The predicted molar refractivity (Wildman–Crippen MR) is 53.5 cm³/mol. The summed E-state index contributed by atoms with van der Waals surface area (Å²) in [5, 5.41) is 9.41. The number of aliphatic hydroxyl groups excluding tert-OH is 1. The third-order valence-corrected chi connectivity index (χ3v) is 2.16. The first-order valence-corrected chi connectivity index (χ1v) is 4.54. The van der Waals surface area contributed by atoms with Crippen molar-refractivity contribution < 1.29 is 23.4 Å². The third-order valence-electron chi connectivity index (χ3n) is 2.16. The molecule has 0 heterocycles. The van der Waals surface area contributed by atoms with Gasteiger partial charge in [-0.3, -0.25) is 0 Å². The second-order valence-corrected chi connectivity index (χ2v) is 3.07. The van der Waals surface area contributed by atoms with Crippen LogP contribution in [0.1, 0.15) is 11.7 Å². The Morgan fingerprint density at radius 2 is 1.69 bits per heavy atom. The number of benzene rings is 1. The van der Waals surface area contributed by atoms with E-state index in [1.54, 1.807) is 0 Å². The molecule has 0 aromatic heterocycles. The first-order valence-electron chi connectivity index (χ1n) is 4.54. The van der Waals surface area contributed by atoms with Gasteiger partial charge in [-0.15, -0.1) is 0 Å². The van der Waals surface area contributed by atoms with Gasteiger partial charge < -0.3 is 20.3 Å². The minimum absolute atomic E-state index is 0.208. The fourth-order valence-corrected chi connectivity index (χ4v) is 1.32. The summed E-state index contributed by atoms with van der Waals surface area (Å²) in [6, 6.07) is 1.07. The van der Waals surface area contributed by atoms with Crippen LogP contribution in [-0.4, -0.2) is 25.9 Å². The highest BCUT2D eigenvalue weighted by molar-refractivity contribution is 5.42. The topological polar surface area (TPSA) is 64.7 Å². The molecule has 4 nitrogen and oxygen atoms in total. The molecule has 0 aliphatic carbocycles. The van der Waals surface area contributed by atoms with Gasteiger partial charge in [0.05, 0.1) is 25.9 Å². The van der Waals surface area contributed by atoms with Crippen LogP contribution in [0.25, 0.3) is 0 Å². The minimum atomic E-state index is -1.44. The molecule has 16 heavy (non-hydrogen) atoms. The maximum absolute atomic E-state index is 13.7. The highest BCUT2D eigenvalue weighted by Gasteiger charge is 2.24. The minimum Gasteiger partial charge on any atom is -0.494 e. The van der Waals surface area contributed by atoms with Crippen molar-refractivity contribution in [3.05, 3.63) is 23.3 Å². The summed E-state index contributed by atoms with van der Waals surface area (Å²) in [6.45, 7) is -0.301. The normalized spacial score (nSPS) is 12.4. The van der Waals surface area contributed by atoms with Crippen molar-refractivity contribution in [3.63, 3.8) is 0 Å². The molecular formula is C10H13F2NO3. The van der Waals surface area contributed by atoms with E-state index in [2.05, 4.69) is 0 Å². The molecule has 0 fully saturated rings. The lowest BCUT2D eigenvalue weighted by atomic mass is 10.1. The summed E-state index contributed by atoms with van der Waals surface area (Å²) in [4.78, 5) is 0. The average Bonchev–Trinajstić information content (AvgIpc) is 2.29. The van der Waals surface area contributed by atoms with Gasteiger partial charge in [0.1, 0.15) is 0 Å². The molecule has 0 amide bonds. The van der Waals surface area contributed by atoms with E-state index in [9.17, 15) is 13.9 Å². The van der Waals surface area contributed by atoms with Crippen LogP contribution in [-0.2, 0) is 0 Å². The van der Waals surface area contributed by atoms with Crippen molar-refractivity contribution in [2.75, 3.05) is 20.8 Å². The molecule has 0 spiro atoms. The summed E-state index contributed by atoms with van der Waals surface area (Å²) in [7, 11) is 2.46. The molecule has 0 saturated carbocycles. The molecular weight excluding hydrogens is 220 g/mol. The Labute approximate surface area is 91.6 Å². The van der Waals surface area contributed by atoms with E-state index in [-0.39, 0.29) is 18.0 Å². The lowest BCUT2D eigenvalue weighted by Crippen LogP contribution is -2.16. The Bertz CT molecular complexity index is 357.